The Balaban J connectivity index is 2.04. The Bertz CT molecular complexity index is 764. The minimum Gasteiger partial charge on any atom is -0.494 e. The second-order valence-corrected chi connectivity index (χ2v) is 6.47. The third-order valence-corrected chi connectivity index (χ3v) is 3.92. The summed E-state index contributed by atoms with van der Waals surface area (Å²) < 4.78 is 5.56. The van der Waals surface area contributed by atoms with Crippen molar-refractivity contribution in [3.8, 4) is 5.75 Å². The zero-order valence-electron chi connectivity index (χ0n) is 15.1. The molecular formula is C20H24N2O2S. The molecule has 0 spiro atoms. The lowest BCUT2D eigenvalue weighted by atomic mass is 10.1. The van der Waals surface area contributed by atoms with Crippen molar-refractivity contribution >= 4 is 28.9 Å². The quantitative estimate of drug-likeness (QED) is 0.773. The Labute approximate surface area is 154 Å². The molecule has 0 aliphatic rings. The van der Waals surface area contributed by atoms with Crippen LogP contribution in [0.5, 0.6) is 5.75 Å². The van der Waals surface area contributed by atoms with Crippen LogP contribution in [0.15, 0.2) is 36.4 Å². The molecule has 0 unspecified atom stereocenters. The van der Waals surface area contributed by atoms with Crippen LogP contribution in [0.3, 0.4) is 0 Å². The molecule has 2 N–H and O–H groups in total. The molecular weight excluding hydrogens is 332 g/mol. The first-order valence-electron chi connectivity index (χ1n) is 8.33. The number of hydrogen-bond donors (Lipinski definition) is 2. The standard InChI is InChI=1S/C20H24N2O2S/c1-5-9-24-17-8-6-7-16(12-17)19(23)22-20(25)21-18-14(3)10-13(2)11-15(18)4/h6-8,10-12H,5,9H2,1-4H3,(H2,21,22,23,25). The Morgan fingerprint density at radius 3 is 2.44 bits per heavy atom. The summed E-state index contributed by atoms with van der Waals surface area (Å²) in [5, 5.41) is 6.12. The van der Waals surface area contributed by atoms with Crippen molar-refractivity contribution in [2.45, 2.75) is 34.1 Å². The fourth-order valence-corrected chi connectivity index (χ4v) is 2.84. The van der Waals surface area contributed by atoms with E-state index in [1.807, 2.05) is 26.8 Å². The van der Waals surface area contributed by atoms with Crippen molar-refractivity contribution in [1.82, 2.24) is 5.32 Å². The van der Waals surface area contributed by atoms with E-state index < -0.39 is 0 Å². The molecule has 0 aliphatic heterocycles. The van der Waals surface area contributed by atoms with Crippen LogP contribution < -0.4 is 15.4 Å². The summed E-state index contributed by atoms with van der Waals surface area (Å²) in [6, 6.07) is 11.2. The van der Waals surface area contributed by atoms with Crippen LogP contribution in [0.25, 0.3) is 0 Å². The summed E-state index contributed by atoms with van der Waals surface area (Å²) in [6.45, 7) is 8.74. The van der Waals surface area contributed by atoms with Gasteiger partial charge in [0, 0.05) is 11.3 Å². The molecule has 0 heterocycles. The van der Waals surface area contributed by atoms with Crippen molar-refractivity contribution in [1.29, 1.82) is 0 Å². The molecule has 132 valence electrons. The van der Waals surface area contributed by atoms with Crippen LogP contribution >= 0.6 is 12.2 Å². The second-order valence-electron chi connectivity index (χ2n) is 6.06. The predicted octanol–water partition coefficient (Wildman–Crippen LogP) is 4.53. The number of aryl methyl sites for hydroxylation is 3. The number of carbonyl (C=O) groups is 1. The van der Waals surface area contributed by atoms with Crippen molar-refractivity contribution in [3.05, 3.63) is 58.7 Å². The van der Waals surface area contributed by atoms with Crippen LogP contribution in [0.2, 0.25) is 0 Å². The molecule has 0 aromatic heterocycles. The SMILES string of the molecule is CCCOc1cccc(C(=O)NC(=S)Nc2c(C)cc(C)cc2C)c1. The summed E-state index contributed by atoms with van der Waals surface area (Å²) in [5.41, 5.74) is 4.80. The van der Waals surface area contributed by atoms with Gasteiger partial charge < -0.3 is 10.1 Å². The number of benzene rings is 2. The summed E-state index contributed by atoms with van der Waals surface area (Å²) in [7, 11) is 0. The van der Waals surface area contributed by atoms with E-state index in [2.05, 4.69) is 29.7 Å². The first-order valence-corrected chi connectivity index (χ1v) is 8.74. The molecule has 0 fully saturated rings. The predicted molar refractivity (Wildman–Crippen MR) is 107 cm³/mol. The second kappa shape index (κ2) is 8.62. The van der Waals surface area contributed by atoms with Crippen LogP contribution in [-0.4, -0.2) is 17.6 Å². The van der Waals surface area contributed by atoms with Crippen LogP contribution in [0.1, 0.15) is 40.4 Å². The molecule has 2 aromatic rings. The molecule has 0 bridgehead atoms. The van der Waals surface area contributed by atoms with Crippen molar-refractivity contribution < 1.29 is 9.53 Å². The van der Waals surface area contributed by atoms with Gasteiger partial charge in [-0.1, -0.05) is 30.7 Å². The number of thiocarbonyl (C=S) groups is 1. The van der Waals surface area contributed by atoms with Crippen molar-refractivity contribution in [2.75, 3.05) is 11.9 Å². The summed E-state index contributed by atoms with van der Waals surface area (Å²) in [4.78, 5) is 12.4. The van der Waals surface area contributed by atoms with Crippen molar-refractivity contribution in [3.63, 3.8) is 0 Å². The largest absolute Gasteiger partial charge is 0.494 e. The van der Waals surface area contributed by atoms with E-state index in [9.17, 15) is 4.79 Å². The Kier molecular flexibility index (Phi) is 6.53. The molecule has 0 saturated carbocycles. The molecule has 0 aliphatic carbocycles. The van der Waals surface area contributed by atoms with Gasteiger partial charge in [0.05, 0.1) is 6.61 Å². The number of rotatable bonds is 5. The number of carbonyl (C=O) groups excluding carboxylic acids is 1. The van der Waals surface area contributed by atoms with Crippen molar-refractivity contribution in [2.24, 2.45) is 0 Å². The number of ether oxygens (including phenoxy) is 1. The molecule has 0 saturated heterocycles. The van der Waals surface area contributed by atoms with Crippen LogP contribution in [-0.2, 0) is 0 Å². The molecule has 2 rings (SSSR count). The molecule has 25 heavy (non-hydrogen) atoms. The minimum absolute atomic E-state index is 0.262. The van der Waals surface area contributed by atoms with Gasteiger partial charge in [0.1, 0.15) is 5.75 Å². The molecule has 5 heteroatoms. The Morgan fingerprint density at radius 1 is 1.12 bits per heavy atom. The van der Waals surface area contributed by atoms with Gasteiger partial charge in [0.2, 0.25) is 0 Å². The highest BCUT2D eigenvalue weighted by atomic mass is 32.1. The van der Waals surface area contributed by atoms with Gasteiger partial charge in [-0.05, 0) is 68.7 Å². The first kappa shape index (κ1) is 18.9. The van der Waals surface area contributed by atoms with Gasteiger partial charge in [0.15, 0.2) is 5.11 Å². The molecule has 1 amide bonds. The van der Waals surface area contributed by atoms with E-state index in [1.165, 1.54) is 5.56 Å². The van der Waals surface area contributed by atoms with Crippen LogP contribution in [0, 0.1) is 20.8 Å². The lowest BCUT2D eigenvalue weighted by Gasteiger charge is -2.15. The third kappa shape index (κ3) is 5.29. The first-order chi connectivity index (χ1) is 11.9. The van der Waals surface area contributed by atoms with Gasteiger partial charge in [-0.3, -0.25) is 10.1 Å². The fraction of sp³-hybridized carbons (Fsp3) is 0.300. The molecule has 2 aromatic carbocycles. The maximum atomic E-state index is 12.4. The Morgan fingerprint density at radius 2 is 1.80 bits per heavy atom. The van der Waals surface area contributed by atoms with E-state index in [0.717, 1.165) is 23.2 Å². The zero-order chi connectivity index (χ0) is 18.4. The lowest BCUT2D eigenvalue weighted by Crippen LogP contribution is -2.34. The normalized spacial score (nSPS) is 10.2. The topological polar surface area (TPSA) is 50.4 Å². The summed E-state index contributed by atoms with van der Waals surface area (Å²) >= 11 is 5.29. The zero-order valence-corrected chi connectivity index (χ0v) is 15.9. The van der Waals surface area contributed by atoms with E-state index in [-0.39, 0.29) is 11.0 Å². The number of amides is 1. The van der Waals surface area contributed by atoms with E-state index in [1.54, 1.807) is 18.2 Å². The highest BCUT2D eigenvalue weighted by Crippen LogP contribution is 2.22. The van der Waals surface area contributed by atoms with Gasteiger partial charge in [-0.2, -0.15) is 0 Å². The van der Waals surface area contributed by atoms with E-state index in [4.69, 9.17) is 17.0 Å². The number of nitrogens with one attached hydrogen (secondary N) is 2. The maximum Gasteiger partial charge on any atom is 0.257 e. The number of anilines is 1. The van der Waals surface area contributed by atoms with Gasteiger partial charge in [-0.25, -0.2) is 0 Å². The average Bonchev–Trinajstić information content (AvgIpc) is 2.56. The van der Waals surface area contributed by atoms with E-state index >= 15 is 0 Å². The molecule has 0 atom stereocenters. The highest BCUT2D eigenvalue weighted by molar-refractivity contribution is 7.80. The summed E-state index contributed by atoms with van der Waals surface area (Å²) in [6.07, 6.45) is 0.916. The smallest absolute Gasteiger partial charge is 0.257 e. The van der Waals surface area contributed by atoms with Crippen LogP contribution in [0.4, 0.5) is 5.69 Å². The third-order valence-electron chi connectivity index (χ3n) is 3.71. The monoisotopic (exact) mass is 356 g/mol. The van der Waals surface area contributed by atoms with Gasteiger partial charge >= 0.3 is 0 Å². The fourth-order valence-electron chi connectivity index (χ4n) is 2.64. The highest BCUT2D eigenvalue weighted by Gasteiger charge is 2.11. The summed E-state index contributed by atoms with van der Waals surface area (Å²) in [5.74, 6) is 0.417. The molecule has 4 nitrogen and oxygen atoms in total. The Hall–Kier alpha value is -2.40. The van der Waals surface area contributed by atoms with Gasteiger partial charge in [0.25, 0.3) is 5.91 Å². The average molecular weight is 356 g/mol. The maximum absolute atomic E-state index is 12.4. The number of hydrogen-bond acceptors (Lipinski definition) is 3. The van der Waals surface area contributed by atoms with Gasteiger partial charge in [-0.15, -0.1) is 0 Å². The molecule has 0 radical (unpaired) electrons. The lowest BCUT2D eigenvalue weighted by molar-refractivity contribution is 0.0977. The van der Waals surface area contributed by atoms with E-state index in [0.29, 0.717) is 17.9 Å². The minimum atomic E-state index is -0.262.